The summed E-state index contributed by atoms with van der Waals surface area (Å²) in [4.78, 5) is 18.4. The maximum Gasteiger partial charge on any atom is 0.410 e. The minimum Gasteiger partial charge on any atom is -0.445 e. The molecule has 0 spiro atoms. The maximum absolute atomic E-state index is 16.4. The number of aryl methyl sites for hydroxylation is 2. The molecule has 1 aromatic heterocycles. The molecule has 1 fully saturated rings. The Balaban J connectivity index is 1.80. The van der Waals surface area contributed by atoms with Crippen molar-refractivity contribution in [2.75, 3.05) is 13.1 Å². The average Bonchev–Trinajstić information content (AvgIpc) is 2.71. The van der Waals surface area contributed by atoms with Crippen molar-refractivity contribution in [3.05, 3.63) is 59.4 Å². The van der Waals surface area contributed by atoms with E-state index in [-0.39, 0.29) is 31.2 Å². The standard InChI is InChI=1S/C25H31FN2O4S/c1-17-15-19(16-18(2)27-17)21(31-23(33)30-20-9-7-6-8-10-20)25(26)11-13-28(14-12-25)22(29)32-24(3,4)5/h6-10,15-16,21H,11-14H2,1-5H3. The van der Waals surface area contributed by atoms with Crippen molar-refractivity contribution in [1.29, 1.82) is 0 Å². The Hall–Kier alpha value is -2.74. The summed E-state index contributed by atoms with van der Waals surface area (Å²) in [6.07, 6.45) is -1.30. The number of hydrogen-bond donors (Lipinski definition) is 0. The van der Waals surface area contributed by atoms with Crippen LogP contribution >= 0.6 is 12.2 Å². The number of aromatic nitrogens is 1. The number of pyridine rings is 1. The fourth-order valence-electron chi connectivity index (χ4n) is 3.85. The van der Waals surface area contributed by atoms with E-state index in [1.165, 1.54) is 4.90 Å². The van der Waals surface area contributed by atoms with Gasteiger partial charge < -0.3 is 19.1 Å². The second-order valence-electron chi connectivity index (χ2n) is 9.35. The van der Waals surface area contributed by atoms with Crippen molar-refractivity contribution >= 4 is 23.5 Å². The lowest BCUT2D eigenvalue weighted by molar-refractivity contribution is -0.0547. The topological polar surface area (TPSA) is 60.9 Å². The third-order valence-electron chi connectivity index (χ3n) is 5.28. The molecule has 2 aromatic rings. The number of rotatable bonds is 4. The van der Waals surface area contributed by atoms with Crippen molar-refractivity contribution < 1.29 is 23.4 Å². The highest BCUT2D eigenvalue weighted by atomic mass is 32.1. The van der Waals surface area contributed by atoms with Crippen molar-refractivity contribution in [2.45, 2.75) is 64.8 Å². The quantitative estimate of drug-likeness (QED) is 0.518. The van der Waals surface area contributed by atoms with Crippen LogP contribution in [-0.4, -0.2) is 45.6 Å². The first-order valence-corrected chi connectivity index (χ1v) is 11.4. The summed E-state index contributed by atoms with van der Waals surface area (Å²) in [7, 11) is 0. The van der Waals surface area contributed by atoms with Gasteiger partial charge >= 0.3 is 11.3 Å². The highest BCUT2D eigenvalue weighted by Crippen LogP contribution is 2.42. The fraction of sp³-hybridized carbons (Fsp3) is 0.480. The number of thiocarbonyl (C=S) groups is 1. The molecule has 1 amide bonds. The summed E-state index contributed by atoms with van der Waals surface area (Å²) < 4.78 is 33.4. The smallest absolute Gasteiger partial charge is 0.410 e. The van der Waals surface area contributed by atoms with Crippen molar-refractivity contribution in [1.82, 2.24) is 9.88 Å². The van der Waals surface area contributed by atoms with Gasteiger partial charge in [-0.2, -0.15) is 0 Å². The molecule has 1 unspecified atom stereocenters. The SMILES string of the molecule is Cc1cc(C(OC(=S)Oc2ccccc2)C2(F)CCN(C(=O)OC(C)(C)C)CC2)cc(C)n1. The molecule has 8 heteroatoms. The van der Waals surface area contributed by atoms with Gasteiger partial charge in [0.1, 0.15) is 11.4 Å². The molecule has 1 aliphatic heterocycles. The molecule has 2 heterocycles. The zero-order valence-corrected chi connectivity index (χ0v) is 20.6. The van der Waals surface area contributed by atoms with Crippen LogP contribution < -0.4 is 4.74 Å². The Labute approximate surface area is 200 Å². The van der Waals surface area contributed by atoms with E-state index in [1.54, 1.807) is 45.0 Å². The summed E-state index contributed by atoms with van der Waals surface area (Å²) in [5, 5.41) is -0.162. The number of carbonyl (C=O) groups is 1. The number of nitrogens with zero attached hydrogens (tertiary/aromatic N) is 2. The highest BCUT2D eigenvalue weighted by molar-refractivity contribution is 7.79. The predicted octanol–water partition coefficient (Wildman–Crippen LogP) is 5.86. The van der Waals surface area contributed by atoms with E-state index >= 15 is 4.39 Å². The molecule has 1 aliphatic rings. The van der Waals surface area contributed by atoms with E-state index in [2.05, 4.69) is 4.98 Å². The van der Waals surface area contributed by atoms with Crippen LogP contribution in [0.4, 0.5) is 9.18 Å². The summed E-state index contributed by atoms with van der Waals surface area (Å²) in [5.74, 6) is 0.510. The molecule has 0 saturated carbocycles. The highest BCUT2D eigenvalue weighted by Gasteiger charge is 2.46. The molecule has 0 bridgehead atoms. The normalized spacial score (nSPS) is 16.6. The Kier molecular flexibility index (Phi) is 7.57. The number of likely N-dealkylation sites (tertiary alicyclic amines) is 1. The van der Waals surface area contributed by atoms with Crippen LogP contribution in [0.25, 0.3) is 0 Å². The number of hydrogen-bond acceptors (Lipinski definition) is 6. The molecule has 6 nitrogen and oxygen atoms in total. The van der Waals surface area contributed by atoms with Crippen molar-refractivity contribution in [3.63, 3.8) is 0 Å². The summed E-state index contributed by atoms with van der Waals surface area (Å²) in [6, 6.07) is 12.6. The van der Waals surface area contributed by atoms with Gasteiger partial charge in [0, 0.05) is 49.5 Å². The monoisotopic (exact) mass is 474 g/mol. The van der Waals surface area contributed by atoms with E-state index in [4.69, 9.17) is 26.4 Å². The third-order valence-corrected chi connectivity index (χ3v) is 5.46. The molecule has 33 heavy (non-hydrogen) atoms. The van der Waals surface area contributed by atoms with Gasteiger partial charge in [-0.25, -0.2) is 9.18 Å². The second-order valence-corrected chi connectivity index (χ2v) is 9.68. The number of carbonyl (C=O) groups excluding carboxylic acids is 1. The predicted molar refractivity (Wildman–Crippen MR) is 128 cm³/mol. The zero-order valence-electron chi connectivity index (χ0n) is 19.8. The summed E-state index contributed by atoms with van der Waals surface area (Å²) in [5.41, 5.74) is -0.234. The van der Waals surface area contributed by atoms with Gasteiger partial charge in [-0.05, 0) is 64.4 Å². The Morgan fingerprint density at radius 1 is 1.12 bits per heavy atom. The molecule has 0 radical (unpaired) electrons. The summed E-state index contributed by atoms with van der Waals surface area (Å²) >= 11 is 5.31. The van der Waals surface area contributed by atoms with E-state index in [9.17, 15) is 4.79 Å². The lowest BCUT2D eigenvalue weighted by atomic mass is 9.84. The third kappa shape index (κ3) is 6.87. The van der Waals surface area contributed by atoms with Crippen molar-refractivity contribution in [2.24, 2.45) is 0 Å². The van der Waals surface area contributed by atoms with Crippen LogP contribution in [-0.2, 0) is 9.47 Å². The molecule has 1 atom stereocenters. The van der Waals surface area contributed by atoms with Crippen LogP contribution in [0.15, 0.2) is 42.5 Å². The van der Waals surface area contributed by atoms with E-state index in [0.29, 0.717) is 11.3 Å². The van der Waals surface area contributed by atoms with Gasteiger partial charge in [0.15, 0.2) is 11.8 Å². The molecule has 178 valence electrons. The fourth-order valence-corrected chi connectivity index (χ4v) is 4.04. The molecule has 1 saturated heterocycles. The number of benzene rings is 1. The lowest BCUT2D eigenvalue weighted by Crippen LogP contribution is -2.49. The molecule has 1 aromatic carbocycles. The van der Waals surface area contributed by atoms with Gasteiger partial charge in [0.05, 0.1) is 0 Å². The van der Waals surface area contributed by atoms with E-state index in [1.807, 2.05) is 32.0 Å². The minimum absolute atomic E-state index is 0.0747. The van der Waals surface area contributed by atoms with Gasteiger partial charge in [0.25, 0.3) is 0 Å². The Morgan fingerprint density at radius 3 is 2.24 bits per heavy atom. The van der Waals surface area contributed by atoms with E-state index < -0.39 is 23.5 Å². The number of para-hydroxylation sites is 1. The van der Waals surface area contributed by atoms with Gasteiger partial charge in [0.2, 0.25) is 0 Å². The Morgan fingerprint density at radius 2 is 1.70 bits per heavy atom. The van der Waals surface area contributed by atoms with Gasteiger partial charge in [-0.3, -0.25) is 4.98 Å². The molecular formula is C25H31FN2O4S. The molecular weight excluding hydrogens is 443 g/mol. The minimum atomic E-state index is -1.76. The average molecular weight is 475 g/mol. The van der Waals surface area contributed by atoms with E-state index in [0.717, 1.165) is 11.4 Å². The first kappa shape index (κ1) is 24.9. The van der Waals surface area contributed by atoms with Crippen LogP contribution in [0.5, 0.6) is 5.75 Å². The summed E-state index contributed by atoms with van der Waals surface area (Å²) in [6.45, 7) is 9.53. The van der Waals surface area contributed by atoms with Crippen LogP contribution in [0.3, 0.4) is 0 Å². The molecule has 0 aliphatic carbocycles. The lowest BCUT2D eigenvalue weighted by Gasteiger charge is -2.41. The number of piperidine rings is 1. The number of ether oxygens (including phenoxy) is 3. The molecule has 3 rings (SSSR count). The zero-order chi connectivity index (χ0) is 24.2. The number of halogens is 1. The number of amides is 1. The first-order valence-electron chi connectivity index (χ1n) is 11.0. The second kappa shape index (κ2) is 10.0. The van der Waals surface area contributed by atoms with Gasteiger partial charge in [-0.1, -0.05) is 18.2 Å². The largest absolute Gasteiger partial charge is 0.445 e. The first-order chi connectivity index (χ1) is 15.4. The Bertz CT molecular complexity index is 965. The van der Waals surface area contributed by atoms with Crippen LogP contribution in [0, 0.1) is 13.8 Å². The van der Waals surface area contributed by atoms with Crippen LogP contribution in [0.1, 0.15) is 56.7 Å². The number of alkyl halides is 1. The van der Waals surface area contributed by atoms with Crippen LogP contribution in [0.2, 0.25) is 0 Å². The maximum atomic E-state index is 16.4. The van der Waals surface area contributed by atoms with Gasteiger partial charge in [-0.15, -0.1) is 0 Å². The van der Waals surface area contributed by atoms with Crippen molar-refractivity contribution in [3.8, 4) is 5.75 Å². The molecule has 0 N–H and O–H groups in total.